The van der Waals surface area contributed by atoms with E-state index in [1.54, 1.807) is 0 Å². The number of hydrogen-bond acceptors (Lipinski definition) is 3. The van der Waals surface area contributed by atoms with Crippen molar-refractivity contribution in [2.75, 3.05) is 17.7 Å². The summed E-state index contributed by atoms with van der Waals surface area (Å²) in [5.74, 6) is 0. The maximum absolute atomic E-state index is 3.31. The van der Waals surface area contributed by atoms with Crippen molar-refractivity contribution >= 4 is 11.4 Å². The highest BCUT2D eigenvalue weighted by Crippen LogP contribution is 2.35. The van der Waals surface area contributed by atoms with Crippen molar-refractivity contribution in [2.45, 2.75) is 13.1 Å². The number of benzene rings is 1. The van der Waals surface area contributed by atoms with E-state index in [9.17, 15) is 0 Å². The van der Waals surface area contributed by atoms with Crippen molar-refractivity contribution in [3.63, 3.8) is 0 Å². The minimum atomic E-state index is 1.04. The van der Waals surface area contributed by atoms with Gasteiger partial charge in [0.2, 0.25) is 0 Å². The van der Waals surface area contributed by atoms with Gasteiger partial charge in [0.15, 0.2) is 0 Å². The molecule has 1 aromatic rings. The van der Waals surface area contributed by atoms with Crippen LogP contribution in [0.2, 0.25) is 0 Å². The molecular weight excluding hydrogens is 174 g/mol. The summed E-state index contributed by atoms with van der Waals surface area (Å²) < 4.78 is 0. The molecule has 0 saturated heterocycles. The number of anilines is 2. The first-order chi connectivity index (χ1) is 6.84. The van der Waals surface area contributed by atoms with Crippen LogP contribution in [0.15, 0.2) is 24.5 Å². The second-order valence-electron chi connectivity index (χ2n) is 3.92. The molecule has 0 aliphatic carbocycles. The second kappa shape index (κ2) is 2.75. The maximum atomic E-state index is 3.31. The fourth-order valence-corrected chi connectivity index (χ4v) is 2.18. The fourth-order valence-electron chi connectivity index (χ4n) is 2.18. The first-order valence-electron chi connectivity index (χ1n) is 4.86. The van der Waals surface area contributed by atoms with Crippen molar-refractivity contribution in [3.8, 4) is 0 Å². The molecule has 2 heterocycles. The van der Waals surface area contributed by atoms with Crippen LogP contribution < -0.4 is 10.6 Å². The lowest BCUT2D eigenvalue weighted by Gasteiger charge is -2.17. The van der Waals surface area contributed by atoms with Gasteiger partial charge in [0.25, 0.3) is 0 Å². The molecule has 2 aliphatic rings. The molecule has 2 N–H and O–H groups in total. The monoisotopic (exact) mass is 187 g/mol. The Labute approximate surface area is 83.4 Å². The van der Waals surface area contributed by atoms with Crippen LogP contribution in [0.3, 0.4) is 0 Å². The van der Waals surface area contributed by atoms with E-state index in [0.717, 1.165) is 13.1 Å². The highest BCUT2D eigenvalue weighted by molar-refractivity contribution is 5.78. The predicted molar refractivity (Wildman–Crippen MR) is 58.0 cm³/mol. The Balaban J connectivity index is 2.14. The number of nitrogens with one attached hydrogen (secondary N) is 2. The highest BCUT2D eigenvalue weighted by Gasteiger charge is 2.21. The van der Waals surface area contributed by atoms with Crippen LogP contribution in [0.25, 0.3) is 0 Å². The van der Waals surface area contributed by atoms with Crippen molar-refractivity contribution < 1.29 is 0 Å². The average Bonchev–Trinajstić information content (AvgIpc) is 2.59. The van der Waals surface area contributed by atoms with Crippen molar-refractivity contribution in [2.24, 2.45) is 0 Å². The molecule has 0 unspecified atom stereocenters. The molecule has 0 amide bonds. The Morgan fingerprint density at radius 3 is 2.93 bits per heavy atom. The molecule has 0 aromatic heterocycles. The zero-order chi connectivity index (χ0) is 9.54. The van der Waals surface area contributed by atoms with Crippen molar-refractivity contribution in [1.82, 2.24) is 4.90 Å². The lowest BCUT2D eigenvalue weighted by Crippen LogP contribution is -2.09. The Bertz CT molecular complexity index is 409. The average molecular weight is 187 g/mol. The van der Waals surface area contributed by atoms with E-state index in [2.05, 4.69) is 34.7 Å². The van der Waals surface area contributed by atoms with Crippen LogP contribution in [0.1, 0.15) is 11.1 Å². The minimum absolute atomic E-state index is 1.04. The molecule has 2 aliphatic heterocycles. The molecule has 0 spiro atoms. The summed E-state index contributed by atoms with van der Waals surface area (Å²) in [7, 11) is 2.15. The van der Waals surface area contributed by atoms with E-state index in [1.807, 2.05) is 12.4 Å². The van der Waals surface area contributed by atoms with Crippen LogP contribution in [-0.2, 0) is 13.1 Å². The molecular formula is C11H13N3. The Morgan fingerprint density at radius 2 is 2.00 bits per heavy atom. The molecule has 3 nitrogen and oxygen atoms in total. The van der Waals surface area contributed by atoms with Gasteiger partial charge in [-0.15, -0.1) is 0 Å². The third-order valence-corrected chi connectivity index (χ3v) is 2.83. The quantitative estimate of drug-likeness (QED) is 0.650. The fraction of sp³-hybridized carbons (Fsp3) is 0.273. The first-order valence-corrected chi connectivity index (χ1v) is 4.86. The summed E-state index contributed by atoms with van der Waals surface area (Å²) in [6, 6.07) is 4.36. The third-order valence-electron chi connectivity index (χ3n) is 2.83. The normalized spacial score (nSPS) is 18.4. The molecule has 0 saturated carbocycles. The standard InChI is InChI=1S/C11H13N3/c1-14-6-8-2-3-10-11(9(8)7-14)13-5-4-12-10/h2-5,12-13H,6-7H2,1H3. The van der Waals surface area contributed by atoms with Gasteiger partial charge >= 0.3 is 0 Å². The number of fused-ring (bicyclic) bond motifs is 3. The molecule has 0 atom stereocenters. The molecule has 3 heteroatoms. The predicted octanol–water partition coefficient (Wildman–Crippen LogP) is 1.94. The van der Waals surface area contributed by atoms with E-state index >= 15 is 0 Å². The van der Waals surface area contributed by atoms with Crippen LogP contribution in [0.5, 0.6) is 0 Å². The van der Waals surface area contributed by atoms with Gasteiger partial charge in [-0.1, -0.05) is 6.07 Å². The van der Waals surface area contributed by atoms with Gasteiger partial charge in [-0.25, -0.2) is 0 Å². The van der Waals surface area contributed by atoms with Crippen LogP contribution in [0, 0.1) is 0 Å². The molecule has 0 fully saturated rings. The summed E-state index contributed by atoms with van der Waals surface area (Å²) in [4.78, 5) is 2.32. The van der Waals surface area contributed by atoms with Gasteiger partial charge in [0.05, 0.1) is 11.4 Å². The van der Waals surface area contributed by atoms with Crippen molar-refractivity contribution in [1.29, 1.82) is 0 Å². The second-order valence-corrected chi connectivity index (χ2v) is 3.92. The first kappa shape index (κ1) is 7.88. The van der Waals surface area contributed by atoms with Crippen molar-refractivity contribution in [3.05, 3.63) is 35.7 Å². The van der Waals surface area contributed by atoms with Crippen LogP contribution in [0.4, 0.5) is 11.4 Å². The van der Waals surface area contributed by atoms with E-state index < -0.39 is 0 Å². The summed E-state index contributed by atoms with van der Waals surface area (Å²) in [5.41, 5.74) is 5.30. The van der Waals surface area contributed by atoms with Gasteiger partial charge in [0.1, 0.15) is 0 Å². The molecule has 72 valence electrons. The lowest BCUT2D eigenvalue weighted by atomic mass is 10.1. The smallest absolute Gasteiger partial charge is 0.0668 e. The van der Waals surface area contributed by atoms with E-state index in [1.165, 1.54) is 22.5 Å². The van der Waals surface area contributed by atoms with Gasteiger partial charge in [-0.3, -0.25) is 4.90 Å². The van der Waals surface area contributed by atoms with E-state index in [-0.39, 0.29) is 0 Å². The third kappa shape index (κ3) is 1.02. The molecule has 3 rings (SSSR count). The molecule has 14 heavy (non-hydrogen) atoms. The molecule has 1 aromatic carbocycles. The van der Waals surface area contributed by atoms with Gasteiger partial charge in [-0.2, -0.15) is 0 Å². The number of rotatable bonds is 0. The van der Waals surface area contributed by atoms with Gasteiger partial charge in [0, 0.05) is 25.5 Å². The molecule has 0 bridgehead atoms. The number of hydrogen-bond donors (Lipinski definition) is 2. The van der Waals surface area contributed by atoms with Crippen LogP contribution in [-0.4, -0.2) is 11.9 Å². The van der Waals surface area contributed by atoms with Gasteiger partial charge < -0.3 is 10.6 Å². The van der Waals surface area contributed by atoms with Gasteiger partial charge in [-0.05, 0) is 24.2 Å². The minimum Gasteiger partial charge on any atom is -0.359 e. The largest absolute Gasteiger partial charge is 0.359 e. The SMILES string of the molecule is CN1Cc2ccc3c(c2C1)NC=CN3. The summed E-state index contributed by atoms with van der Waals surface area (Å²) in [6.45, 7) is 2.11. The summed E-state index contributed by atoms with van der Waals surface area (Å²) >= 11 is 0. The highest BCUT2D eigenvalue weighted by atomic mass is 15.1. The van der Waals surface area contributed by atoms with Crippen LogP contribution >= 0.6 is 0 Å². The zero-order valence-corrected chi connectivity index (χ0v) is 8.17. The topological polar surface area (TPSA) is 27.3 Å². The number of nitrogens with zero attached hydrogens (tertiary/aromatic N) is 1. The summed E-state index contributed by atoms with van der Waals surface area (Å²) in [5, 5.41) is 6.56. The Kier molecular flexibility index (Phi) is 1.55. The Morgan fingerprint density at radius 1 is 1.14 bits per heavy atom. The van der Waals surface area contributed by atoms with E-state index in [4.69, 9.17) is 0 Å². The van der Waals surface area contributed by atoms with E-state index in [0.29, 0.717) is 0 Å². The molecule has 0 radical (unpaired) electrons. The Hall–Kier alpha value is -1.48. The zero-order valence-electron chi connectivity index (χ0n) is 8.17. The lowest BCUT2D eigenvalue weighted by molar-refractivity contribution is 0.353. The maximum Gasteiger partial charge on any atom is 0.0668 e. The summed E-state index contributed by atoms with van der Waals surface area (Å²) in [6.07, 6.45) is 3.87.